The molecule has 110 valence electrons. The molecule has 0 aliphatic carbocycles. The second-order valence-corrected chi connectivity index (χ2v) is 4.53. The minimum Gasteiger partial charge on any atom is -0.358 e. The number of amides is 1. The standard InChI is InChI=1S/C12H21N7O/c1-3-14-10-16-11(15-8-9(20)13-2)18-12(17-10)19-6-4-5-7-19/h3-8H2,1-2H3,(H,13,20)(H2,14,15,16,17,18). The molecule has 1 saturated heterocycles. The van der Waals surface area contributed by atoms with E-state index in [1.54, 1.807) is 7.05 Å². The van der Waals surface area contributed by atoms with Crippen LogP contribution in [0.25, 0.3) is 0 Å². The molecule has 8 nitrogen and oxygen atoms in total. The van der Waals surface area contributed by atoms with Crippen LogP contribution in [0.4, 0.5) is 17.8 Å². The van der Waals surface area contributed by atoms with E-state index in [2.05, 4.69) is 35.8 Å². The number of nitrogens with zero attached hydrogens (tertiary/aromatic N) is 4. The first-order valence-corrected chi connectivity index (χ1v) is 6.92. The van der Waals surface area contributed by atoms with Crippen molar-refractivity contribution in [1.29, 1.82) is 0 Å². The molecule has 1 aliphatic rings. The van der Waals surface area contributed by atoms with E-state index in [-0.39, 0.29) is 12.5 Å². The zero-order valence-electron chi connectivity index (χ0n) is 11.9. The van der Waals surface area contributed by atoms with E-state index in [0.29, 0.717) is 17.8 Å². The molecule has 1 aromatic heterocycles. The summed E-state index contributed by atoms with van der Waals surface area (Å²) >= 11 is 0. The van der Waals surface area contributed by atoms with Gasteiger partial charge in [-0.05, 0) is 19.8 Å². The van der Waals surface area contributed by atoms with Crippen molar-refractivity contribution in [2.75, 3.05) is 48.8 Å². The van der Waals surface area contributed by atoms with Crippen LogP contribution in [0.2, 0.25) is 0 Å². The predicted octanol–water partition coefficient (Wildman–Crippen LogP) is 0.0615. The molecule has 1 aromatic rings. The number of hydrogen-bond donors (Lipinski definition) is 3. The molecular weight excluding hydrogens is 258 g/mol. The Balaban J connectivity index is 2.14. The molecule has 0 unspecified atom stereocenters. The van der Waals surface area contributed by atoms with Gasteiger partial charge in [-0.25, -0.2) is 0 Å². The molecular formula is C12H21N7O. The Labute approximate surface area is 118 Å². The number of anilines is 3. The van der Waals surface area contributed by atoms with Crippen LogP contribution < -0.4 is 20.9 Å². The van der Waals surface area contributed by atoms with E-state index in [1.807, 2.05) is 6.92 Å². The van der Waals surface area contributed by atoms with Gasteiger partial charge in [0.05, 0.1) is 6.54 Å². The number of hydrogen-bond acceptors (Lipinski definition) is 7. The normalized spacial score (nSPS) is 14.2. The van der Waals surface area contributed by atoms with Crippen molar-refractivity contribution in [2.24, 2.45) is 0 Å². The Hall–Kier alpha value is -2.12. The van der Waals surface area contributed by atoms with Crippen molar-refractivity contribution < 1.29 is 4.79 Å². The van der Waals surface area contributed by atoms with Crippen molar-refractivity contribution in [1.82, 2.24) is 20.3 Å². The summed E-state index contributed by atoms with van der Waals surface area (Å²) < 4.78 is 0. The van der Waals surface area contributed by atoms with Crippen molar-refractivity contribution in [3.63, 3.8) is 0 Å². The Morgan fingerprint density at radius 3 is 2.40 bits per heavy atom. The van der Waals surface area contributed by atoms with Gasteiger partial charge < -0.3 is 20.9 Å². The molecule has 0 bridgehead atoms. The lowest BCUT2D eigenvalue weighted by Gasteiger charge is -2.17. The molecule has 0 radical (unpaired) electrons. The molecule has 2 rings (SSSR count). The zero-order chi connectivity index (χ0) is 14.4. The monoisotopic (exact) mass is 279 g/mol. The lowest BCUT2D eigenvalue weighted by Crippen LogP contribution is -2.28. The molecule has 8 heteroatoms. The van der Waals surface area contributed by atoms with E-state index in [9.17, 15) is 4.79 Å². The summed E-state index contributed by atoms with van der Waals surface area (Å²) in [5.74, 6) is 1.50. The summed E-state index contributed by atoms with van der Waals surface area (Å²) in [5.41, 5.74) is 0. The molecule has 0 spiro atoms. The van der Waals surface area contributed by atoms with Gasteiger partial charge in [0.15, 0.2) is 0 Å². The van der Waals surface area contributed by atoms with E-state index >= 15 is 0 Å². The van der Waals surface area contributed by atoms with Gasteiger partial charge in [0.25, 0.3) is 0 Å². The number of carbonyl (C=O) groups excluding carboxylic acids is 1. The van der Waals surface area contributed by atoms with Crippen LogP contribution in [0.3, 0.4) is 0 Å². The van der Waals surface area contributed by atoms with Gasteiger partial charge in [-0.2, -0.15) is 15.0 Å². The number of carbonyl (C=O) groups is 1. The highest BCUT2D eigenvalue weighted by Gasteiger charge is 2.17. The van der Waals surface area contributed by atoms with E-state index < -0.39 is 0 Å². The summed E-state index contributed by atoms with van der Waals surface area (Å²) in [4.78, 5) is 26.4. The number of likely N-dealkylation sites (N-methyl/N-ethyl adjacent to an activating group) is 1. The highest BCUT2D eigenvalue weighted by molar-refractivity contribution is 5.79. The molecule has 2 heterocycles. The summed E-state index contributed by atoms with van der Waals surface area (Å²) in [5, 5.41) is 8.55. The lowest BCUT2D eigenvalue weighted by molar-refractivity contribution is -0.118. The molecule has 0 atom stereocenters. The Morgan fingerprint density at radius 2 is 1.80 bits per heavy atom. The number of rotatable bonds is 6. The van der Waals surface area contributed by atoms with Crippen LogP contribution >= 0.6 is 0 Å². The SMILES string of the molecule is CCNc1nc(NCC(=O)NC)nc(N2CCCC2)n1. The fourth-order valence-corrected chi connectivity index (χ4v) is 1.99. The molecule has 1 amide bonds. The lowest BCUT2D eigenvalue weighted by atomic mass is 10.4. The number of nitrogens with one attached hydrogen (secondary N) is 3. The van der Waals surface area contributed by atoms with Gasteiger partial charge in [-0.15, -0.1) is 0 Å². The first-order valence-electron chi connectivity index (χ1n) is 6.92. The maximum absolute atomic E-state index is 11.3. The summed E-state index contributed by atoms with van der Waals surface area (Å²) in [6.07, 6.45) is 2.31. The molecule has 0 aromatic carbocycles. The van der Waals surface area contributed by atoms with Gasteiger partial charge in [0, 0.05) is 26.7 Å². The van der Waals surface area contributed by atoms with E-state index in [1.165, 1.54) is 0 Å². The minimum atomic E-state index is -0.113. The molecule has 1 fully saturated rings. The number of aromatic nitrogens is 3. The Bertz CT molecular complexity index is 459. The van der Waals surface area contributed by atoms with Crippen molar-refractivity contribution in [2.45, 2.75) is 19.8 Å². The van der Waals surface area contributed by atoms with E-state index in [4.69, 9.17) is 0 Å². The summed E-state index contributed by atoms with van der Waals surface area (Å²) in [6.45, 7) is 4.79. The Morgan fingerprint density at radius 1 is 1.15 bits per heavy atom. The average Bonchev–Trinajstić information content (AvgIpc) is 2.99. The van der Waals surface area contributed by atoms with Crippen LogP contribution in [0.15, 0.2) is 0 Å². The van der Waals surface area contributed by atoms with Gasteiger partial charge in [-0.3, -0.25) is 4.79 Å². The van der Waals surface area contributed by atoms with Gasteiger partial charge in [0.1, 0.15) is 0 Å². The predicted molar refractivity (Wildman–Crippen MR) is 78.0 cm³/mol. The molecule has 3 N–H and O–H groups in total. The quantitative estimate of drug-likeness (QED) is 0.678. The van der Waals surface area contributed by atoms with Gasteiger partial charge in [0.2, 0.25) is 23.8 Å². The third kappa shape index (κ3) is 3.69. The van der Waals surface area contributed by atoms with Crippen molar-refractivity contribution in [3.05, 3.63) is 0 Å². The third-order valence-electron chi connectivity index (χ3n) is 3.03. The Kier molecular flexibility index (Phi) is 4.91. The highest BCUT2D eigenvalue weighted by Crippen LogP contribution is 2.18. The minimum absolute atomic E-state index is 0.113. The summed E-state index contributed by atoms with van der Waals surface area (Å²) in [6, 6.07) is 0. The van der Waals surface area contributed by atoms with Crippen molar-refractivity contribution in [3.8, 4) is 0 Å². The van der Waals surface area contributed by atoms with Crippen LogP contribution in [-0.4, -0.2) is 54.1 Å². The third-order valence-corrected chi connectivity index (χ3v) is 3.03. The molecule has 20 heavy (non-hydrogen) atoms. The fraction of sp³-hybridized carbons (Fsp3) is 0.667. The second-order valence-electron chi connectivity index (χ2n) is 4.53. The first-order chi connectivity index (χ1) is 9.72. The zero-order valence-corrected chi connectivity index (χ0v) is 11.9. The maximum atomic E-state index is 11.3. The van der Waals surface area contributed by atoms with Crippen LogP contribution in [-0.2, 0) is 4.79 Å². The maximum Gasteiger partial charge on any atom is 0.239 e. The van der Waals surface area contributed by atoms with Crippen LogP contribution in [0, 0.1) is 0 Å². The first kappa shape index (κ1) is 14.3. The summed E-state index contributed by atoms with van der Waals surface area (Å²) in [7, 11) is 1.59. The van der Waals surface area contributed by atoms with Crippen molar-refractivity contribution >= 4 is 23.8 Å². The topological polar surface area (TPSA) is 95.1 Å². The largest absolute Gasteiger partial charge is 0.358 e. The second kappa shape index (κ2) is 6.88. The molecule has 0 saturated carbocycles. The highest BCUT2D eigenvalue weighted by atomic mass is 16.1. The molecule has 1 aliphatic heterocycles. The van der Waals surface area contributed by atoms with Gasteiger partial charge >= 0.3 is 0 Å². The fourth-order valence-electron chi connectivity index (χ4n) is 1.99. The van der Waals surface area contributed by atoms with Crippen LogP contribution in [0.1, 0.15) is 19.8 Å². The van der Waals surface area contributed by atoms with E-state index in [0.717, 1.165) is 32.5 Å². The van der Waals surface area contributed by atoms with Crippen LogP contribution in [0.5, 0.6) is 0 Å². The average molecular weight is 279 g/mol. The van der Waals surface area contributed by atoms with Gasteiger partial charge in [-0.1, -0.05) is 0 Å². The smallest absolute Gasteiger partial charge is 0.239 e.